The minimum atomic E-state index is -5.98. The lowest BCUT2D eigenvalue weighted by molar-refractivity contribution is -0.0500. The second-order valence-electron chi connectivity index (χ2n) is 6.00. The molecule has 0 unspecified atom stereocenters. The monoisotopic (exact) mass is 460 g/mol. The summed E-state index contributed by atoms with van der Waals surface area (Å²) in [5, 5.41) is 28.8. The van der Waals surface area contributed by atoms with E-state index >= 15 is 0 Å². The van der Waals surface area contributed by atoms with Crippen LogP contribution in [0.4, 0.5) is 13.2 Å². The van der Waals surface area contributed by atoms with E-state index in [9.17, 15) is 36.9 Å². The van der Waals surface area contributed by atoms with E-state index in [1.54, 1.807) is 0 Å². The molecule has 0 bridgehead atoms. The number of alkyl halides is 3. The molecule has 0 fully saturated rings. The van der Waals surface area contributed by atoms with Gasteiger partial charge in [0.15, 0.2) is 5.75 Å². The fourth-order valence-electron chi connectivity index (χ4n) is 2.55. The number of rotatable bonds is 5. The fraction of sp³-hybridized carbons (Fsp3) is 0.0526. The van der Waals surface area contributed by atoms with Gasteiger partial charge in [0, 0.05) is 11.0 Å². The summed E-state index contributed by atoms with van der Waals surface area (Å²) in [6.45, 7) is 0. The Morgan fingerprint density at radius 1 is 0.733 bits per heavy atom. The van der Waals surface area contributed by atoms with Crippen molar-refractivity contribution in [1.29, 1.82) is 0 Å². The van der Waals surface area contributed by atoms with Crippen molar-refractivity contribution in [1.82, 2.24) is 0 Å². The third-order valence-electron chi connectivity index (χ3n) is 3.88. The van der Waals surface area contributed by atoms with Gasteiger partial charge in [0.05, 0.1) is 0 Å². The normalized spacial score (nSPS) is 12.4. The Morgan fingerprint density at radius 2 is 1.17 bits per heavy atom. The Bertz CT molecular complexity index is 1100. The van der Waals surface area contributed by atoms with Gasteiger partial charge in [-0.05, 0) is 70.5 Å². The van der Waals surface area contributed by atoms with Gasteiger partial charge in [-0.15, -0.1) is 0 Å². The van der Waals surface area contributed by atoms with Crippen molar-refractivity contribution in [3.8, 4) is 23.0 Å². The van der Waals surface area contributed by atoms with Crippen LogP contribution in [0.15, 0.2) is 81.4 Å². The van der Waals surface area contributed by atoms with Crippen LogP contribution in [0.1, 0.15) is 0 Å². The molecule has 160 valence electrons. The van der Waals surface area contributed by atoms with Crippen molar-refractivity contribution in [2.75, 3.05) is 0 Å². The number of thiol groups is 1. The van der Waals surface area contributed by atoms with Crippen molar-refractivity contribution >= 4 is 21.0 Å². The highest BCUT2D eigenvalue weighted by Gasteiger charge is 2.49. The van der Waals surface area contributed by atoms with Gasteiger partial charge < -0.3 is 19.5 Å². The van der Waals surface area contributed by atoms with Crippen LogP contribution < -0.4 is 4.18 Å². The van der Waals surface area contributed by atoms with E-state index in [1.807, 2.05) is 0 Å². The van der Waals surface area contributed by atoms with Gasteiger partial charge in [0.25, 0.3) is 0 Å². The van der Waals surface area contributed by atoms with E-state index in [0.29, 0.717) is 9.79 Å². The first-order chi connectivity index (χ1) is 14.0. The minimum absolute atomic E-state index is 0.0405. The predicted molar refractivity (Wildman–Crippen MR) is 104 cm³/mol. The largest absolute Gasteiger partial charge is 0.534 e. The average Bonchev–Trinajstić information content (AvgIpc) is 2.65. The van der Waals surface area contributed by atoms with Crippen molar-refractivity contribution < 1.29 is 41.1 Å². The first-order valence-electron chi connectivity index (χ1n) is 8.20. The second kappa shape index (κ2) is 8.00. The molecule has 0 heterocycles. The Hall–Kier alpha value is -3.05. The summed E-state index contributed by atoms with van der Waals surface area (Å²) >= 11 is 0. The lowest BCUT2D eigenvalue weighted by atomic mass is 10.3. The lowest BCUT2D eigenvalue weighted by Gasteiger charge is -2.25. The van der Waals surface area contributed by atoms with Crippen LogP contribution in [0.3, 0.4) is 0 Å². The quantitative estimate of drug-likeness (QED) is 0.254. The van der Waals surface area contributed by atoms with Gasteiger partial charge in [0.1, 0.15) is 17.2 Å². The summed E-state index contributed by atoms with van der Waals surface area (Å²) in [5.74, 6) is -1.25. The number of phenolic OH excluding ortho intramolecular Hbond substituents is 3. The molecule has 0 aliphatic rings. The molecule has 0 saturated heterocycles. The Labute approximate surface area is 172 Å². The topological polar surface area (TPSA) is 104 Å². The highest BCUT2D eigenvalue weighted by Crippen LogP contribution is 2.55. The number of aromatic hydroxyl groups is 3. The van der Waals surface area contributed by atoms with E-state index in [-0.39, 0.29) is 16.4 Å². The molecule has 0 aliphatic heterocycles. The maximum atomic E-state index is 12.9. The second-order valence-corrected chi connectivity index (χ2v) is 9.73. The molecule has 0 radical (unpaired) electrons. The van der Waals surface area contributed by atoms with Gasteiger partial charge in [-0.1, -0.05) is 0 Å². The summed E-state index contributed by atoms with van der Waals surface area (Å²) in [5.41, 5.74) is -5.66. The number of hydrogen-bond donors (Lipinski definition) is 4. The maximum Gasteiger partial charge on any atom is 0.534 e. The standard InChI is InChI=1S/C19H15F3O6S2/c20-19(21,22)30(26,27)28-17-11-14(25)5-10-18(17)29(15-6-1-12(23)2-7-15)16-8-3-13(24)4-9-16/h1-11,23-25,29H. The van der Waals surface area contributed by atoms with Gasteiger partial charge in [-0.25, -0.2) is 0 Å². The van der Waals surface area contributed by atoms with Crippen LogP contribution in [-0.4, -0.2) is 29.2 Å². The molecular weight excluding hydrogens is 445 g/mol. The number of phenols is 3. The Morgan fingerprint density at radius 3 is 1.60 bits per heavy atom. The van der Waals surface area contributed by atoms with E-state index < -0.39 is 38.0 Å². The van der Waals surface area contributed by atoms with Crippen LogP contribution in [0.5, 0.6) is 23.0 Å². The highest BCUT2D eigenvalue weighted by atomic mass is 32.2. The van der Waals surface area contributed by atoms with E-state index in [2.05, 4.69) is 4.18 Å². The molecule has 3 rings (SSSR count). The first kappa shape index (κ1) is 21.7. The van der Waals surface area contributed by atoms with Crippen molar-refractivity contribution in [3.63, 3.8) is 0 Å². The molecule has 3 aromatic carbocycles. The molecule has 0 amide bonds. The van der Waals surface area contributed by atoms with Gasteiger partial charge in [0.2, 0.25) is 0 Å². The molecule has 0 aliphatic carbocycles. The van der Waals surface area contributed by atoms with Crippen molar-refractivity contribution in [3.05, 3.63) is 66.7 Å². The average molecular weight is 460 g/mol. The molecular formula is C19H15F3O6S2. The Kier molecular flexibility index (Phi) is 5.77. The van der Waals surface area contributed by atoms with Crippen LogP contribution in [-0.2, 0) is 10.1 Å². The molecule has 3 N–H and O–H groups in total. The third kappa shape index (κ3) is 4.57. The van der Waals surface area contributed by atoms with E-state index in [1.165, 1.54) is 60.7 Å². The zero-order chi connectivity index (χ0) is 22.1. The van der Waals surface area contributed by atoms with Crippen LogP contribution in [0.2, 0.25) is 0 Å². The van der Waals surface area contributed by atoms with Crippen LogP contribution >= 0.6 is 10.9 Å². The molecule has 0 atom stereocenters. The van der Waals surface area contributed by atoms with E-state index in [0.717, 1.165) is 6.07 Å². The van der Waals surface area contributed by atoms with Gasteiger partial charge >= 0.3 is 15.6 Å². The number of hydrogen-bond acceptors (Lipinski definition) is 6. The van der Waals surface area contributed by atoms with Crippen LogP contribution in [0.25, 0.3) is 0 Å². The summed E-state index contributed by atoms with van der Waals surface area (Å²) in [4.78, 5) is 1.17. The van der Waals surface area contributed by atoms with E-state index in [4.69, 9.17) is 0 Å². The summed E-state index contributed by atoms with van der Waals surface area (Å²) in [6, 6.07) is 14.9. The number of halogens is 3. The molecule has 0 saturated carbocycles. The summed E-state index contributed by atoms with van der Waals surface area (Å²) in [7, 11) is -7.67. The zero-order valence-electron chi connectivity index (χ0n) is 14.9. The SMILES string of the molecule is O=S(=O)(Oc1cc(O)ccc1[SH](c1ccc(O)cc1)c1ccc(O)cc1)C(F)(F)F. The predicted octanol–water partition coefficient (Wildman–Crippen LogP) is 4.51. The summed E-state index contributed by atoms with van der Waals surface area (Å²) < 4.78 is 66.1. The first-order valence-corrected chi connectivity index (χ1v) is 10.9. The molecule has 0 aromatic heterocycles. The van der Waals surface area contributed by atoms with Crippen molar-refractivity contribution in [2.45, 2.75) is 20.2 Å². The zero-order valence-corrected chi connectivity index (χ0v) is 16.6. The maximum absolute atomic E-state index is 12.9. The molecule has 11 heteroatoms. The molecule has 0 spiro atoms. The van der Waals surface area contributed by atoms with Gasteiger partial charge in [-0.3, -0.25) is 0 Å². The molecule has 6 nitrogen and oxygen atoms in total. The van der Waals surface area contributed by atoms with Gasteiger partial charge in [-0.2, -0.15) is 32.5 Å². The van der Waals surface area contributed by atoms with Crippen molar-refractivity contribution in [2.24, 2.45) is 0 Å². The number of benzene rings is 3. The fourth-order valence-corrected chi connectivity index (χ4v) is 5.38. The third-order valence-corrected chi connectivity index (χ3v) is 7.33. The molecule has 30 heavy (non-hydrogen) atoms. The smallest absolute Gasteiger partial charge is 0.508 e. The van der Waals surface area contributed by atoms with Crippen LogP contribution in [0, 0.1) is 0 Å². The minimum Gasteiger partial charge on any atom is -0.508 e. The summed E-state index contributed by atoms with van der Waals surface area (Å²) in [6.07, 6.45) is 0. The highest BCUT2D eigenvalue weighted by molar-refractivity contribution is 8.17. The Balaban J connectivity index is 2.21. The lowest BCUT2D eigenvalue weighted by Crippen LogP contribution is -2.28. The molecule has 3 aromatic rings.